The number of carbonyl (C=O) groups excluding carboxylic acids is 1. The molecule has 0 saturated carbocycles. The summed E-state index contributed by atoms with van der Waals surface area (Å²) in [5.41, 5.74) is -0.614. The molecule has 0 bridgehead atoms. The zero-order valence-corrected chi connectivity index (χ0v) is 12.7. The summed E-state index contributed by atoms with van der Waals surface area (Å²) in [5, 5.41) is 12.5. The molecule has 1 amide bonds. The maximum Gasteiger partial charge on any atom is 0.407 e. The van der Waals surface area contributed by atoms with E-state index in [1.54, 1.807) is 27.7 Å². The van der Waals surface area contributed by atoms with Crippen molar-refractivity contribution in [1.82, 2.24) is 5.32 Å². The van der Waals surface area contributed by atoms with Gasteiger partial charge in [-0.3, -0.25) is 0 Å². The van der Waals surface area contributed by atoms with Crippen LogP contribution in [0, 0.1) is 5.82 Å². The van der Waals surface area contributed by atoms with Gasteiger partial charge in [0.15, 0.2) is 0 Å². The van der Waals surface area contributed by atoms with Crippen molar-refractivity contribution in [2.45, 2.75) is 45.4 Å². The standard InChI is InChI=1S/C14H19ClFNO3/c1-8(17-13(19)20-14(2,3)4)12(18)9-6-5-7-10(15)11(9)16/h5-8,12,18H,1-4H3,(H,17,19). The van der Waals surface area contributed by atoms with E-state index in [1.807, 2.05) is 0 Å². The third-order valence-corrected chi connectivity index (χ3v) is 2.81. The third kappa shape index (κ3) is 4.65. The van der Waals surface area contributed by atoms with E-state index in [1.165, 1.54) is 18.2 Å². The molecule has 0 fully saturated rings. The second-order valence-corrected chi connectivity index (χ2v) is 5.93. The average molecular weight is 304 g/mol. The van der Waals surface area contributed by atoms with Gasteiger partial charge in [0, 0.05) is 5.56 Å². The lowest BCUT2D eigenvalue weighted by molar-refractivity contribution is 0.0432. The molecule has 0 aliphatic rings. The van der Waals surface area contributed by atoms with Crippen LogP contribution >= 0.6 is 11.6 Å². The van der Waals surface area contributed by atoms with Crippen molar-refractivity contribution in [3.05, 3.63) is 34.6 Å². The molecule has 2 unspecified atom stereocenters. The van der Waals surface area contributed by atoms with Gasteiger partial charge in [-0.2, -0.15) is 0 Å². The molecule has 1 rings (SSSR count). The van der Waals surface area contributed by atoms with Crippen LogP contribution in [0.5, 0.6) is 0 Å². The number of rotatable bonds is 3. The fourth-order valence-corrected chi connectivity index (χ4v) is 1.77. The minimum Gasteiger partial charge on any atom is -0.444 e. The van der Waals surface area contributed by atoms with E-state index in [-0.39, 0.29) is 10.6 Å². The second kappa shape index (κ2) is 6.41. The van der Waals surface area contributed by atoms with Crippen LogP contribution in [0.25, 0.3) is 0 Å². The largest absolute Gasteiger partial charge is 0.444 e. The summed E-state index contributed by atoms with van der Waals surface area (Å²) in [6.07, 6.45) is -1.90. The number of carbonyl (C=O) groups is 1. The summed E-state index contributed by atoms with van der Waals surface area (Å²) in [7, 11) is 0. The van der Waals surface area contributed by atoms with Crippen molar-refractivity contribution in [2.75, 3.05) is 0 Å². The topological polar surface area (TPSA) is 58.6 Å². The van der Waals surface area contributed by atoms with Crippen LogP contribution in [-0.4, -0.2) is 22.8 Å². The number of benzene rings is 1. The van der Waals surface area contributed by atoms with Gasteiger partial charge in [-0.15, -0.1) is 0 Å². The Morgan fingerprint density at radius 3 is 2.60 bits per heavy atom. The van der Waals surface area contributed by atoms with Crippen molar-refractivity contribution in [1.29, 1.82) is 0 Å². The van der Waals surface area contributed by atoms with Gasteiger partial charge in [-0.1, -0.05) is 23.7 Å². The highest BCUT2D eigenvalue weighted by molar-refractivity contribution is 6.30. The van der Waals surface area contributed by atoms with Crippen LogP contribution in [0.15, 0.2) is 18.2 Å². The Hall–Kier alpha value is -1.33. The molecule has 0 spiro atoms. The molecule has 0 aliphatic heterocycles. The highest BCUT2D eigenvalue weighted by Gasteiger charge is 2.24. The maximum absolute atomic E-state index is 13.8. The second-order valence-electron chi connectivity index (χ2n) is 5.52. The summed E-state index contributed by atoms with van der Waals surface area (Å²) >= 11 is 5.66. The van der Waals surface area contributed by atoms with E-state index in [0.29, 0.717) is 0 Å². The number of aliphatic hydroxyl groups is 1. The van der Waals surface area contributed by atoms with E-state index in [2.05, 4.69) is 5.32 Å². The Labute approximate surface area is 122 Å². The van der Waals surface area contributed by atoms with E-state index < -0.39 is 29.7 Å². The fraction of sp³-hybridized carbons (Fsp3) is 0.500. The van der Waals surface area contributed by atoms with Crippen LogP contribution in [0.2, 0.25) is 5.02 Å². The number of alkyl carbamates (subject to hydrolysis) is 1. The SMILES string of the molecule is CC(NC(=O)OC(C)(C)C)C(O)c1cccc(Cl)c1F. The van der Waals surface area contributed by atoms with E-state index in [4.69, 9.17) is 16.3 Å². The number of aliphatic hydroxyl groups excluding tert-OH is 1. The number of hydrogen-bond acceptors (Lipinski definition) is 3. The molecule has 1 aromatic rings. The summed E-state index contributed by atoms with van der Waals surface area (Å²) in [4.78, 5) is 11.6. The summed E-state index contributed by atoms with van der Waals surface area (Å²) in [5.74, 6) is -0.695. The lowest BCUT2D eigenvalue weighted by atomic mass is 10.0. The van der Waals surface area contributed by atoms with Gasteiger partial charge in [0.25, 0.3) is 0 Å². The quantitative estimate of drug-likeness (QED) is 0.899. The summed E-state index contributed by atoms with van der Waals surface area (Å²) in [6, 6.07) is 3.61. The molecule has 2 N–H and O–H groups in total. The van der Waals surface area contributed by atoms with E-state index >= 15 is 0 Å². The Kier molecular flexibility index (Phi) is 5.36. The minimum absolute atomic E-state index is 0.0288. The summed E-state index contributed by atoms with van der Waals surface area (Å²) < 4.78 is 18.9. The van der Waals surface area contributed by atoms with Crippen LogP contribution in [0.1, 0.15) is 39.4 Å². The van der Waals surface area contributed by atoms with Gasteiger partial charge in [0.2, 0.25) is 0 Å². The number of halogens is 2. The first-order valence-corrected chi connectivity index (χ1v) is 6.61. The van der Waals surface area contributed by atoms with Gasteiger partial charge in [0.05, 0.1) is 11.1 Å². The highest BCUT2D eigenvalue weighted by Crippen LogP contribution is 2.25. The third-order valence-electron chi connectivity index (χ3n) is 2.52. The molecule has 2 atom stereocenters. The van der Waals surface area contributed by atoms with Crippen LogP contribution in [-0.2, 0) is 4.74 Å². The Balaban J connectivity index is 2.75. The lowest BCUT2D eigenvalue weighted by Crippen LogP contribution is -2.40. The van der Waals surface area contributed by atoms with Gasteiger partial charge in [-0.25, -0.2) is 9.18 Å². The predicted molar refractivity (Wildman–Crippen MR) is 75.2 cm³/mol. The zero-order chi connectivity index (χ0) is 15.5. The van der Waals surface area contributed by atoms with Crippen LogP contribution < -0.4 is 5.32 Å². The molecule has 0 aromatic heterocycles. The smallest absolute Gasteiger partial charge is 0.407 e. The highest BCUT2D eigenvalue weighted by atomic mass is 35.5. The molecule has 20 heavy (non-hydrogen) atoms. The van der Waals surface area contributed by atoms with E-state index in [9.17, 15) is 14.3 Å². The Bertz CT molecular complexity index is 488. The molecule has 0 aliphatic carbocycles. The Morgan fingerprint density at radius 2 is 2.05 bits per heavy atom. The predicted octanol–water partition coefficient (Wildman–Crippen LogP) is 3.43. The van der Waals surface area contributed by atoms with E-state index in [0.717, 1.165) is 0 Å². The first-order chi connectivity index (χ1) is 9.11. The fourth-order valence-electron chi connectivity index (χ4n) is 1.59. The van der Waals surface area contributed by atoms with Crippen LogP contribution in [0.3, 0.4) is 0 Å². The molecule has 0 radical (unpaired) electrons. The van der Waals surface area contributed by atoms with Crippen molar-refractivity contribution < 1.29 is 19.0 Å². The van der Waals surface area contributed by atoms with Crippen molar-refractivity contribution in [2.24, 2.45) is 0 Å². The van der Waals surface area contributed by atoms with Crippen molar-refractivity contribution in [3.8, 4) is 0 Å². The minimum atomic E-state index is -1.22. The van der Waals surface area contributed by atoms with Gasteiger partial charge in [0.1, 0.15) is 17.5 Å². The number of amides is 1. The Morgan fingerprint density at radius 1 is 1.45 bits per heavy atom. The number of nitrogens with one attached hydrogen (secondary N) is 1. The molecule has 1 aromatic carbocycles. The van der Waals surface area contributed by atoms with Gasteiger partial charge in [-0.05, 0) is 33.8 Å². The molecule has 112 valence electrons. The number of hydrogen-bond donors (Lipinski definition) is 2. The first kappa shape index (κ1) is 16.7. The monoisotopic (exact) mass is 303 g/mol. The lowest BCUT2D eigenvalue weighted by Gasteiger charge is -2.24. The average Bonchev–Trinajstić information content (AvgIpc) is 2.29. The molecule has 0 saturated heterocycles. The molecule has 4 nitrogen and oxygen atoms in total. The normalized spacial score (nSPS) is 14.6. The number of ether oxygens (including phenoxy) is 1. The zero-order valence-electron chi connectivity index (χ0n) is 11.9. The van der Waals surface area contributed by atoms with Crippen LogP contribution in [0.4, 0.5) is 9.18 Å². The molecule has 6 heteroatoms. The first-order valence-electron chi connectivity index (χ1n) is 6.23. The van der Waals surface area contributed by atoms with Gasteiger partial charge >= 0.3 is 6.09 Å². The van der Waals surface area contributed by atoms with Gasteiger partial charge < -0.3 is 15.2 Å². The molecular weight excluding hydrogens is 285 g/mol. The van der Waals surface area contributed by atoms with Crippen molar-refractivity contribution in [3.63, 3.8) is 0 Å². The maximum atomic E-state index is 13.8. The summed E-state index contributed by atoms with van der Waals surface area (Å²) in [6.45, 7) is 6.73. The molecular formula is C14H19ClFNO3. The van der Waals surface area contributed by atoms with Crippen molar-refractivity contribution >= 4 is 17.7 Å². The molecule has 0 heterocycles.